The summed E-state index contributed by atoms with van der Waals surface area (Å²) in [6.45, 7) is 0.885. The second-order valence-corrected chi connectivity index (χ2v) is 6.18. The maximum atomic E-state index is 11.5. The Kier molecular flexibility index (Phi) is 2.27. The zero-order chi connectivity index (χ0) is 12.0. The summed E-state index contributed by atoms with van der Waals surface area (Å²) in [5.41, 5.74) is 0.948. The Morgan fingerprint density at radius 3 is 2.65 bits per heavy atom. The smallest absolute Gasteiger partial charge is 0.240 e. The number of benzene rings is 1. The fourth-order valence-corrected chi connectivity index (χ4v) is 2.92. The fourth-order valence-electron chi connectivity index (χ4n) is 2.17. The second-order valence-electron chi connectivity index (χ2n) is 4.65. The first-order valence-electron chi connectivity index (χ1n) is 5.66. The van der Waals surface area contributed by atoms with E-state index in [9.17, 15) is 8.42 Å². The number of nitrogens with two attached hydrogens (primary N) is 1. The Balaban J connectivity index is 2.22. The minimum atomic E-state index is -3.64. The summed E-state index contributed by atoms with van der Waals surface area (Å²) in [4.78, 5) is 0.230. The maximum Gasteiger partial charge on any atom is 0.240 e. The van der Waals surface area contributed by atoms with Crippen molar-refractivity contribution in [2.24, 2.45) is 11.1 Å². The summed E-state index contributed by atoms with van der Waals surface area (Å²) in [6, 6.07) is 7.49. The van der Waals surface area contributed by atoms with Crippen molar-refractivity contribution in [3.63, 3.8) is 0 Å². The summed E-state index contributed by atoms with van der Waals surface area (Å²) in [5.74, 6) is 0.694. The highest BCUT2D eigenvalue weighted by Gasteiger charge is 2.24. The lowest BCUT2D eigenvalue weighted by Crippen LogP contribution is -2.11. The molecule has 1 aliphatic carbocycles. The Labute approximate surface area is 100 Å². The van der Waals surface area contributed by atoms with Gasteiger partial charge in [0.25, 0.3) is 0 Å². The molecule has 17 heavy (non-hydrogen) atoms. The van der Waals surface area contributed by atoms with E-state index >= 15 is 0 Å². The number of rotatable bonds is 3. The number of aromatic nitrogens is 1. The highest BCUT2D eigenvalue weighted by Crippen LogP contribution is 2.33. The molecule has 1 heterocycles. The van der Waals surface area contributed by atoms with Crippen molar-refractivity contribution in [3.05, 3.63) is 30.5 Å². The van der Waals surface area contributed by atoms with Crippen LogP contribution in [0.25, 0.3) is 10.9 Å². The van der Waals surface area contributed by atoms with Crippen LogP contribution < -0.4 is 5.14 Å². The van der Waals surface area contributed by atoms with Gasteiger partial charge in [0, 0.05) is 23.6 Å². The van der Waals surface area contributed by atoms with Gasteiger partial charge in [-0.1, -0.05) is 18.2 Å². The topological polar surface area (TPSA) is 65.1 Å². The van der Waals surface area contributed by atoms with E-state index in [-0.39, 0.29) is 4.90 Å². The number of para-hydroxylation sites is 1. The number of hydrogen-bond donors (Lipinski definition) is 1. The van der Waals surface area contributed by atoms with E-state index in [0.717, 1.165) is 17.4 Å². The molecule has 1 saturated carbocycles. The molecule has 0 bridgehead atoms. The Morgan fingerprint density at radius 2 is 2.00 bits per heavy atom. The molecule has 90 valence electrons. The molecule has 2 N–H and O–H groups in total. The fraction of sp³-hybridized carbons (Fsp3) is 0.333. The Morgan fingerprint density at radius 1 is 1.29 bits per heavy atom. The molecule has 1 aromatic heterocycles. The monoisotopic (exact) mass is 250 g/mol. The van der Waals surface area contributed by atoms with Crippen molar-refractivity contribution in [1.29, 1.82) is 0 Å². The summed E-state index contributed by atoms with van der Waals surface area (Å²) < 4.78 is 25.1. The van der Waals surface area contributed by atoms with E-state index < -0.39 is 10.0 Å². The average Bonchev–Trinajstić information content (AvgIpc) is 2.99. The lowest BCUT2D eigenvalue weighted by Gasteiger charge is -2.02. The molecule has 4 nitrogen and oxygen atoms in total. The van der Waals surface area contributed by atoms with Crippen molar-refractivity contribution >= 4 is 20.9 Å². The lowest BCUT2D eigenvalue weighted by molar-refractivity contribution is 0.596. The molecule has 0 spiro atoms. The minimum absolute atomic E-state index is 0.230. The average molecular weight is 250 g/mol. The number of primary sulfonamides is 1. The van der Waals surface area contributed by atoms with Crippen molar-refractivity contribution in [3.8, 4) is 0 Å². The van der Waals surface area contributed by atoms with Crippen LogP contribution in [0.2, 0.25) is 0 Å². The number of nitrogens with zero attached hydrogens (tertiary/aromatic N) is 1. The molecular formula is C12H14N2O2S. The second kappa shape index (κ2) is 3.58. The molecule has 1 aromatic carbocycles. The van der Waals surface area contributed by atoms with Gasteiger partial charge >= 0.3 is 0 Å². The predicted molar refractivity (Wildman–Crippen MR) is 66.0 cm³/mol. The Hall–Kier alpha value is -1.33. The maximum absolute atomic E-state index is 11.5. The van der Waals surface area contributed by atoms with E-state index in [2.05, 4.69) is 0 Å². The van der Waals surface area contributed by atoms with Crippen LogP contribution >= 0.6 is 0 Å². The number of sulfonamides is 1. The molecule has 0 unspecified atom stereocenters. The van der Waals surface area contributed by atoms with Crippen LogP contribution in [0.1, 0.15) is 12.8 Å². The standard InChI is InChI=1S/C12H14N2O2S/c13-17(15,16)12-8-14(7-9-5-6-9)11-4-2-1-3-10(11)12/h1-4,8-9H,5-7H2,(H2,13,15,16). The van der Waals surface area contributed by atoms with Crippen LogP contribution in [-0.2, 0) is 16.6 Å². The van der Waals surface area contributed by atoms with E-state index in [1.165, 1.54) is 12.8 Å². The van der Waals surface area contributed by atoms with Gasteiger partial charge < -0.3 is 4.57 Å². The van der Waals surface area contributed by atoms with Crippen LogP contribution in [0.5, 0.6) is 0 Å². The highest BCUT2D eigenvalue weighted by atomic mass is 32.2. The van der Waals surface area contributed by atoms with Gasteiger partial charge in [-0.3, -0.25) is 0 Å². The van der Waals surface area contributed by atoms with E-state index in [0.29, 0.717) is 5.92 Å². The molecule has 1 fully saturated rings. The van der Waals surface area contributed by atoms with Gasteiger partial charge in [-0.2, -0.15) is 0 Å². The zero-order valence-electron chi connectivity index (χ0n) is 9.33. The summed E-state index contributed by atoms with van der Waals surface area (Å²) >= 11 is 0. The zero-order valence-corrected chi connectivity index (χ0v) is 10.2. The largest absolute Gasteiger partial charge is 0.346 e. The first-order valence-corrected chi connectivity index (χ1v) is 7.21. The van der Waals surface area contributed by atoms with Crippen molar-refractivity contribution in [2.75, 3.05) is 0 Å². The molecule has 0 atom stereocenters. The normalized spacial score (nSPS) is 16.5. The number of hydrogen-bond acceptors (Lipinski definition) is 2. The molecule has 0 aliphatic heterocycles. The third-order valence-electron chi connectivity index (χ3n) is 3.21. The third-order valence-corrected chi connectivity index (χ3v) is 4.15. The molecule has 0 amide bonds. The predicted octanol–water partition coefficient (Wildman–Crippen LogP) is 1.70. The molecule has 3 rings (SSSR count). The van der Waals surface area contributed by atoms with Gasteiger partial charge in [0.2, 0.25) is 10.0 Å². The minimum Gasteiger partial charge on any atom is -0.346 e. The van der Waals surface area contributed by atoms with Gasteiger partial charge in [0.05, 0.1) is 0 Å². The van der Waals surface area contributed by atoms with Crippen molar-refractivity contribution < 1.29 is 8.42 Å². The van der Waals surface area contributed by atoms with Gasteiger partial charge in [0.1, 0.15) is 4.90 Å². The molecule has 0 radical (unpaired) electrons. The molecule has 1 aliphatic rings. The van der Waals surface area contributed by atoms with Crippen LogP contribution in [-0.4, -0.2) is 13.0 Å². The molecule has 2 aromatic rings. The summed E-state index contributed by atoms with van der Waals surface area (Å²) in [5, 5.41) is 5.96. The van der Waals surface area contributed by atoms with E-state index in [1.54, 1.807) is 12.3 Å². The quantitative estimate of drug-likeness (QED) is 0.901. The molecular weight excluding hydrogens is 236 g/mol. The van der Waals surface area contributed by atoms with Gasteiger partial charge in [-0.15, -0.1) is 0 Å². The van der Waals surface area contributed by atoms with Crippen molar-refractivity contribution in [2.45, 2.75) is 24.3 Å². The molecule has 5 heteroatoms. The van der Waals surface area contributed by atoms with E-state index in [1.807, 2.05) is 22.8 Å². The lowest BCUT2D eigenvalue weighted by atomic mass is 10.2. The number of fused-ring (bicyclic) bond motifs is 1. The summed E-state index contributed by atoms with van der Waals surface area (Å²) in [6.07, 6.45) is 4.13. The van der Waals surface area contributed by atoms with Crippen molar-refractivity contribution in [1.82, 2.24) is 4.57 Å². The highest BCUT2D eigenvalue weighted by molar-refractivity contribution is 7.89. The first-order chi connectivity index (χ1) is 8.05. The Bertz CT molecular complexity index is 669. The van der Waals surface area contributed by atoms with Gasteiger partial charge in [-0.25, -0.2) is 13.6 Å². The van der Waals surface area contributed by atoms with Crippen LogP contribution in [0.15, 0.2) is 35.4 Å². The molecule has 0 saturated heterocycles. The third kappa shape index (κ3) is 1.96. The SMILES string of the molecule is NS(=O)(=O)c1cn(CC2CC2)c2ccccc12. The van der Waals surface area contributed by atoms with Crippen LogP contribution in [0.4, 0.5) is 0 Å². The van der Waals surface area contributed by atoms with Crippen LogP contribution in [0, 0.1) is 5.92 Å². The van der Waals surface area contributed by atoms with Gasteiger partial charge in [-0.05, 0) is 24.8 Å². The first kappa shape index (κ1) is 10.8. The van der Waals surface area contributed by atoms with Crippen LogP contribution in [0.3, 0.4) is 0 Å². The van der Waals surface area contributed by atoms with E-state index in [4.69, 9.17) is 5.14 Å². The summed E-state index contributed by atoms with van der Waals surface area (Å²) in [7, 11) is -3.64. The van der Waals surface area contributed by atoms with Gasteiger partial charge in [0.15, 0.2) is 0 Å².